The Morgan fingerprint density at radius 1 is 0.868 bits per heavy atom. The number of nitrogens with one attached hydrogen (secondary N) is 1. The average Bonchev–Trinajstić information content (AvgIpc) is 2.89. The Bertz CT molecular complexity index is 1340. The number of sulfonamides is 1. The highest BCUT2D eigenvalue weighted by atomic mass is 79.9. The quantitative estimate of drug-likeness (QED) is 0.328. The third-order valence-corrected chi connectivity index (χ3v) is 8.53. The zero-order valence-electron chi connectivity index (χ0n) is 22.1. The van der Waals surface area contributed by atoms with Gasteiger partial charge in [-0.2, -0.15) is 0 Å². The second kappa shape index (κ2) is 13.1. The van der Waals surface area contributed by atoms with Crippen LogP contribution in [0, 0.1) is 13.8 Å². The van der Waals surface area contributed by atoms with E-state index in [0.717, 1.165) is 25.5 Å². The predicted octanol–water partition coefficient (Wildman–Crippen LogP) is 5.20. The Morgan fingerprint density at radius 3 is 1.95 bits per heavy atom. The van der Waals surface area contributed by atoms with E-state index in [2.05, 4.69) is 21.2 Å². The lowest BCUT2D eigenvalue weighted by molar-refractivity contribution is -0.140. The van der Waals surface area contributed by atoms with Crippen molar-refractivity contribution >= 4 is 43.5 Å². The molecule has 202 valence electrons. The first-order valence-corrected chi connectivity index (χ1v) is 14.8. The maximum atomic E-state index is 13.9. The summed E-state index contributed by atoms with van der Waals surface area (Å²) in [5.74, 6) is -0.741. The number of nitrogens with zero attached hydrogens (tertiary/aromatic N) is 2. The fourth-order valence-electron chi connectivity index (χ4n) is 4.08. The van der Waals surface area contributed by atoms with Crippen molar-refractivity contribution in [3.05, 3.63) is 94.0 Å². The summed E-state index contributed by atoms with van der Waals surface area (Å²) in [5.41, 5.74) is 3.20. The van der Waals surface area contributed by atoms with E-state index in [4.69, 9.17) is 0 Å². The minimum atomic E-state index is -4.08. The number of halogens is 1. The molecule has 0 spiro atoms. The van der Waals surface area contributed by atoms with Gasteiger partial charge >= 0.3 is 0 Å². The van der Waals surface area contributed by atoms with Gasteiger partial charge in [-0.1, -0.05) is 70.4 Å². The number of rotatable bonds is 11. The Kier molecular flexibility index (Phi) is 10.1. The molecule has 3 rings (SSSR count). The molecule has 3 aromatic carbocycles. The van der Waals surface area contributed by atoms with Gasteiger partial charge in [-0.05, 0) is 69.2 Å². The number of amides is 2. The lowest BCUT2D eigenvalue weighted by Crippen LogP contribution is -2.52. The number of anilines is 1. The van der Waals surface area contributed by atoms with Crippen molar-refractivity contribution in [3.63, 3.8) is 0 Å². The van der Waals surface area contributed by atoms with Crippen LogP contribution in [0.2, 0.25) is 0 Å². The highest BCUT2D eigenvalue weighted by molar-refractivity contribution is 9.10. The molecule has 7 nitrogen and oxygen atoms in total. The van der Waals surface area contributed by atoms with E-state index in [9.17, 15) is 18.0 Å². The van der Waals surface area contributed by atoms with Crippen molar-refractivity contribution in [3.8, 4) is 0 Å². The fourth-order valence-corrected chi connectivity index (χ4v) is 5.75. The molecule has 1 unspecified atom stereocenters. The first kappa shape index (κ1) is 29.4. The zero-order valence-corrected chi connectivity index (χ0v) is 24.6. The fraction of sp³-hybridized carbons (Fsp3) is 0.310. The van der Waals surface area contributed by atoms with Crippen molar-refractivity contribution in [1.29, 1.82) is 0 Å². The first-order chi connectivity index (χ1) is 18.1. The Labute approximate surface area is 234 Å². The molecule has 0 bridgehead atoms. The van der Waals surface area contributed by atoms with Gasteiger partial charge in [-0.3, -0.25) is 13.9 Å². The highest BCUT2D eigenvalue weighted by Crippen LogP contribution is 2.26. The molecular formula is C29H34BrN3O4S. The number of carbonyl (C=O) groups excluding carboxylic acids is 2. The van der Waals surface area contributed by atoms with Crippen molar-refractivity contribution < 1.29 is 18.0 Å². The number of hydrogen-bond donors (Lipinski definition) is 1. The van der Waals surface area contributed by atoms with E-state index in [0.29, 0.717) is 18.7 Å². The first-order valence-electron chi connectivity index (χ1n) is 12.5. The van der Waals surface area contributed by atoms with Crippen molar-refractivity contribution in [2.45, 2.75) is 51.6 Å². The van der Waals surface area contributed by atoms with E-state index in [1.807, 2.05) is 52.0 Å². The van der Waals surface area contributed by atoms with Crippen LogP contribution in [0.3, 0.4) is 0 Å². The van der Waals surface area contributed by atoms with Gasteiger partial charge in [0.15, 0.2) is 0 Å². The zero-order chi connectivity index (χ0) is 27.9. The van der Waals surface area contributed by atoms with Crippen LogP contribution in [0.15, 0.2) is 82.2 Å². The number of hydrogen-bond acceptors (Lipinski definition) is 4. The minimum absolute atomic E-state index is 0.0830. The third kappa shape index (κ3) is 7.23. The molecule has 0 fully saturated rings. The Morgan fingerprint density at radius 2 is 1.42 bits per heavy atom. The van der Waals surface area contributed by atoms with Crippen molar-refractivity contribution in [2.24, 2.45) is 0 Å². The third-order valence-electron chi connectivity index (χ3n) is 6.21. The van der Waals surface area contributed by atoms with Gasteiger partial charge < -0.3 is 10.2 Å². The Hall–Kier alpha value is -3.17. The summed E-state index contributed by atoms with van der Waals surface area (Å²) < 4.78 is 29.5. The molecule has 1 atom stereocenters. The molecule has 0 aliphatic heterocycles. The monoisotopic (exact) mass is 599 g/mol. The maximum absolute atomic E-state index is 13.9. The molecular weight excluding hydrogens is 566 g/mol. The van der Waals surface area contributed by atoms with Crippen molar-refractivity contribution in [2.75, 3.05) is 17.4 Å². The number of aryl methyl sites for hydroxylation is 2. The van der Waals surface area contributed by atoms with E-state index >= 15 is 0 Å². The smallest absolute Gasteiger partial charge is 0.264 e. The van der Waals surface area contributed by atoms with E-state index < -0.39 is 28.5 Å². The van der Waals surface area contributed by atoms with Crippen LogP contribution in [0.5, 0.6) is 0 Å². The van der Waals surface area contributed by atoms with Gasteiger partial charge in [0.05, 0.1) is 10.6 Å². The SMILES string of the molecule is CCNC(=O)C(CC)N(Cc1ccc(C)cc1)C(=O)CN(c1ccc(Br)cc1)S(=O)(=O)c1ccc(C)cc1. The maximum Gasteiger partial charge on any atom is 0.264 e. The lowest BCUT2D eigenvalue weighted by Gasteiger charge is -2.33. The summed E-state index contributed by atoms with van der Waals surface area (Å²) in [6.45, 7) is 7.65. The van der Waals surface area contributed by atoms with Crippen LogP contribution in [0.4, 0.5) is 5.69 Å². The summed E-state index contributed by atoms with van der Waals surface area (Å²) in [5, 5.41) is 2.81. The number of benzene rings is 3. The van der Waals surface area contributed by atoms with Crippen LogP contribution >= 0.6 is 15.9 Å². The van der Waals surface area contributed by atoms with Crippen LogP contribution in [0.1, 0.15) is 37.0 Å². The van der Waals surface area contributed by atoms with Crippen LogP contribution in [-0.2, 0) is 26.2 Å². The molecule has 2 amide bonds. The average molecular weight is 601 g/mol. The summed E-state index contributed by atoms with van der Waals surface area (Å²) in [7, 11) is -4.08. The molecule has 9 heteroatoms. The molecule has 0 aromatic heterocycles. The lowest BCUT2D eigenvalue weighted by atomic mass is 10.1. The van der Waals surface area contributed by atoms with E-state index in [1.54, 1.807) is 36.4 Å². The summed E-state index contributed by atoms with van der Waals surface area (Å²) in [6, 6.07) is 20.2. The van der Waals surface area contributed by atoms with Gasteiger partial charge in [-0.15, -0.1) is 0 Å². The van der Waals surface area contributed by atoms with Gasteiger partial charge in [-0.25, -0.2) is 8.42 Å². The van der Waals surface area contributed by atoms with Gasteiger partial charge in [0, 0.05) is 17.6 Å². The van der Waals surface area contributed by atoms with Crippen molar-refractivity contribution in [1.82, 2.24) is 10.2 Å². The summed E-state index contributed by atoms with van der Waals surface area (Å²) in [6.07, 6.45) is 0.381. The molecule has 38 heavy (non-hydrogen) atoms. The summed E-state index contributed by atoms with van der Waals surface area (Å²) >= 11 is 3.39. The minimum Gasteiger partial charge on any atom is -0.355 e. The standard InChI is InChI=1S/C29H34BrN3O4S/c1-5-27(29(35)31-6-2)32(19-23-11-7-21(3)8-12-23)28(34)20-33(25-15-13-24(30)14-16-25)38(36,37)26-17-9-22(4)10-18-26/h7-18,27H,5-6,19-20H2,1-4H3,(H,31,35). The number of carbonyl (C=O) groups is 2. The van der Waals surface area contributed by atoms with Crippen LogP contribution < -0.4 is 9.62 Å². The van der Waals surface area contributed by atoms with Gasteiger partial charge in [0.1, 0.15) is 12.6 Å². The van der Waals surface area contributed by atoms with Crippen LogP contribution in [-0.4, -0.2) is 44.3 Å². The van der Waals surface area contributed by atoms with E-state index in [-0.39, 0.29) is 17.3 Å². The summed E-state index contributed by atoms with van der Waals surface area (Å²) in [4.78, 5) is 28.5. The molecule has 0 radical (unpaired) electrons. The second-order valence-electron chi connectivity index (χ2n) is 9.13. The predicted molar refractivity (Wildman–Crippen MR) is 154 cm³/mol. The topological polar surface area (TPSA) is 86.8 Å². The highest BCUT2D eigenvalue weighted by Gasteiger charge is 2.33. The number of likely N-dealkylation sites (N-methyl/N-ethyl adjacent to an activating group) is 1. The van der Waals surface area contributed by atoms with E-state index in [1.165, 1.54) is 17.0 Å². The molecule has 1 N–H and O–H groups in total. The molecule has 0 aliphatic rings. The van der Waals surface area contributed by atoms with Gasteiger partial charge in [0.25, 0.3) is 10.0 Å². The Balaban J connectivity index is 2.04. The molecule has 0 saturated heterocycles. The normalized spacial score (nSPS) is 12.0. The molecule has 0 heterocycles. The molecule has 3 aromatic rings. The van der Waals surface area contributed by atoms with Crippen LogP contribution in [0.25, 0.3) is 0 Å². The van der Waals surface area contributed by atoms with Gasteiger partial charge in [0.2, 0.25) is 11.8 Å². The largest absolute Gasteiger partial charge is 0.355 e. The molecule has 0 saturated carbocycles. The second-order valence-corrected chi connectivity index (χ2v) is 11.9. The molecule has 0 aliphatic carbocycles.